The Morgan fingerprint density at radius 1 is 0.536 bits per heavy atom. The van der Waals surface area contributed by atoms with Crippen molar-refractivity contribution in [2.75, 3.05) is 45.0 Å². The van der Waals surface area contributed by atoms with Crippen LogP contribution < -0.4 is 212 Å². The Bertz CT molecular complexity index is 468. The summed E-state index contributed by atoms with van der Waals surface area (Å²) in [6.45, 7) is -0.709. The van der Waals surface area contributed by atoms with Gasteiger partial charge in [0.05, 0.1) is 0 Å². The normalized spacial score (nSPS) is 11.0. The fraction of sp³-hybridized carbons (Fsp3) is 1.00. The van der Waals surface area contributed by atoms with Crippen LogP contribution in [0.1, 0.15) is 0 Å². The fourth-order valence-corrected chi connectivity index (χ4v) is 4.03. The van der Waals surface area contributed by atoms with Crippen molar-refractivity contribution in [2.24, 2.45) is 5.73 Å². The number of nitrogens with two attached hydrogens (primary N) is 1. The van der Waals surface area contributed by atoms with Gasteiger partial charge in [-0.05, 0) is 0 Å². The first-order valence-electron chi connectivity index (χ1n) is 5.90. The van der Waals surface area contributed by atoms with E-state index in [2.05, 4.69) is 0 Å². The number of hydrogen-bond donors (Lipinski definition) is 1. The monoisotopic (exact) mass is 517 g/mol. The van der Waals surface area contributed by atoms with E-state index in [1.165, 1.54) is 0 Å². The third-order valence-electron chi connectivity index (χ3n) is 2.30. The summed E-state index contributed by atoms with van der Waals surface area (Å²) < 4.78 is 32.1. The molecular formula is C7H16N3Na6O9P3. The minimum absolute atomic E-state index is 0. The predicted molar refractivity (Wildman–Crippen MR) is 64.8 cm³/mol. The molecule has 0 rings (SSSR count). The molecule has 0 aliphatic heterocycles. The van der Waals surface area contributed by atoms with Crippen LogP contribution in [0.5, 0.6) is 0 Å². The van der Waals surface area contributed by atoms with Crippen molar-refractivity contribution in [2.45, 2.75) is 0 Å². The summed E-state index contributed by atoms with van der Waals surface area (Å²) in [5, 5.41) is 0. The number of hydrogen-bond acceptors (Lipinski definition) is 12. The molecule has 134 valence electrons. The molecule has 0 aromatic rings. The van der Waals surface area contributed by atoms with E-state index >= 15 is 0 Å². The number of rotatable bonds is 11. The molecule has 0 fully saturated rings. The minimum atomic E-state index is -5.12. The quantitative estimate of drug-likeness (QED) is 0.199. The van der Waals surface area contributed by atoms with Crippen molar-refractivity contribution in [3.63, 3.8) is 0 Å². The van der Waals surface area contributed by atoms with Gasteiger partial charge in [0.1, 0.15) is 0 Å². The van der Waals surface area contributed by atoms with Crippen LogP contribution in [-0.2, 0) is 13.7 Å². The molecule has 0 saturated carbocycles. The maximum atomic E-state index is 10.7. The average Bonchev–Trinajstić information content (AvgIpc) is 2.19. The van der Waals surface area contributed by atoms with E-state index in [0.717, 1.165) is 4.90 Å². The van der Waals surface area contributed by atoms with E-state index in [4.69, 9.17) is 5.73 Å². The molecule has 0 aromatic carbocycles. The van der Waals surface area contributed by atoms with Crippen LogP contribution >= 0.6 is 22.8 Å². The molecule has 0 bridgehead atoms. The molecule has 0 aliphatic rings. The molecule has 0 spiro atoms. The van der Waals surface area contributed by atoms with Crippen molar-refractivity contribution in [1.82, 2.24) is 9.80 Å². The molecule has 28 heavy (non-hydrogen) atoms. The average molecular weight is 517 g/mol. The Labute approximate surface area is 297 Å². The molecule has 0 aromatic heterocycles. The molecule has 0 amide bonds. The molecule has 0 saturated heterocycles. The molecule has 21 heteroatoms. The second-order valence-electron chi connectivity index (χ2n) is 4.56. The Hall–Kier alpha value is 6.33. The Balaban J connectivity index is -0.000000147. The fourth-order valence-electron chi connectivity index (χ4n) is 1.64. The van der Waals surface area contributed by atoms with E-state index in [-0.39, 0.29) is 197 Å². The molecule has 0 aliphatic carbocycles. The van der Waals surface area contributed by atoms with Gasteiger partial charge >= 0.3 is 177 Å². The second kappa shape index (κ2) is 25.0. The zero-order valence-corrected chi connectivity index (χ0v) is 32.1. The predicted octanol–water partition coefficient (Wildman–Crippen LogP) is -23.8. The van der Waals surface area contributed by atoms with Crippen molar-refractivity contribution in [3.8, 4) is 0 Å². The third kappa shape index (κ3) is 36.9. The van der Waals surface area contributed by atoms with Crippen molar-refractivity contribution in [1.29, 1.82) is 0 Å². The summed E-state index contributed by atoms with van der Waals surface area (Å²) in [5.41, 5.74) is 5.22. The molecule has 2 N–H and O–H groups in total. The van der Waals surface area contributed by atoms with Gasteiger partial charge in [-0.2, -0.15) is 0 Å². The van der Waals surface area contributed by atoms with Crippen molar-refractivity contribution < 1.29 is 220 Å². The summed E-state index contributed by atoms with van der Waals surface area (Å²) in [4.78, 5) is 65.8. The summed E-state index contributed by atoms with van der Waals surface area (Å²) in [7, 11) is -15.1. The van der Waals surface area contributed by atoms with E-state index in [9.17, 15) is 43.1 Å². The van der Waals surface area contributed by atoms with Crippen LogP contribution in [-0.4, -0.2) is 54.8 Å². The van der Waals surface area contributed by atoms with Crippen LogP contribution in [0.2, 0.25) is 0 Å². The summed E-state index contributed by atoms with van der Waals surface area (Å²) in [6.07, 6.45) is -3.30. The van der Waals surface area contributed by atoms with Gasteiger partial charge in [-0.25, -0.2) is 0 Å². The van der Waals surface area contributed by atoms with Crippen molar-refractivity contribution in [3.05, 3.63) is 0 Å². The Kier molecular flexibility index (Phi) is 45.6. The van der Waals surface area contributed by atoms with Crippen LogP contribution in [0.25, 0.3) is 0 Å². The van der Waals surface area contributed by atoms with Gasteiger partial charge in [0.2, 0.25) is 0 Å². The second-order valence-corrected chi connectivity index (χ2v) is 9.07. The minimum Gasteiger partial charge on any atom is -0.810 e. The van der Waals surface area contributed by atoms with Crippen LogP contribution in [0.3, 0.4) is 0 Å². The van der Waals surface area contributed by atoms with Crippen molar-refractivity contribution >= 4 is 22.8 Å². The maximum absolute atomic E-state index is 10.7. The molecule has 0 heterocycles. The maximum Gasteiger partial charge on any atom is 1.00 e. The topological polar surface area (TPSA) is 222 Å². The van der Waals surface area contributed by atoms with Crippen LogP contribution in [0, 0.1) is 0 Å². The zero-order valence-electron chi connectivity index (χ0n) is 17.4. The van der Waals surface area contributed by atoms with Gasteiger partial charge in [0.15, 0.2) is 0 Å². The third-order valence-corrected chi connectivity index (χ3v) is 4.54. The molecule has 0 atom stereocenters. The molecular weight excluding hydrogens is 501 g/mol. The van der Waals surface area contributed by atoms with Crippen LogP contribution in [0.4, 0.5) is 0 Å². The molecule has 12 nitrogen and oxygen atoms in total. The van der Waals surface area contributed by atoms with Gasteiger partial charge in [-0.3, -0.25) is 9.80 Å². The van der Waals surface area contributed by atoms with Gasteiger partial charge in [0, 0.05) is 45.0 Å². The molecule has 0 radical (unpaired) electrons. The summed E-state index contributed by atoms with van der Waals surface area (Å²) in [5.74, 6) is 0. The largest absolute Gasteiger partial charge is 1.00 e. The van der Waals surface area contributed by atoms with Gasteiger partial charge in [-0.15, -0.1) is 0 Å². The van der Waals surface area contributed by atoms with E-state index in [1.54, 1.807) is 0 Å². The summed E-state index contributed by atoms with van der Waals surface area (Å²) in [6, 6.07) is 0. The van der Waals surface area contributed by atoms with Gasteiger partial charge < -0.3 is 48.8 Å². The van der Waals surface area contributed by atoms with E-state index in [1.807, 2.05) is 0 Å². The van der Waals surface area contributed by atoms with E-state index < -0.39 is 48.2 Å². The molecule has 0 unspecified atom stereocenters. The number of nitrogens with zero attached hydrogens (tertiary/aromatic N) is 2. The Morgan fingerprint density at radius 2 is 0.786 bits per heavy atom. The standard InChI is InChI=1S/C7H22N3O9P3.6Na/c8-1-2-9(5-20(11,12)13)3-4-10(6-21(14,15)16)7-22(17,18)19;;;;;;/h1-8H2,(H2,11,12,13)(H2,14,15,16)(H2,17,18,19);;;;;;/q;6*+1/p-6. The SMILES string of the molecule is NCCN(CCN(CP(=O)([O-])[O-])CP(=O)([O-])[O-])CP(=O)([O-])[O-].[Na+].[Na+].[Na+].[Na+].[Na+].[Na+]. The van der Waals surface area contributed by atoms with Gasteiger partial charge in [-0.1, -0.05) is 22.8 Å². The summed E-state index contributed by atoms with van der Waals surface area (Å²) >= 11 is 0. The first-order chi connectivity index (χ1) is 9.72. The van der Waals surface area contributed by atoms with E-state index in [0.29, 0.717) is 4.90 Å². The van der Waals surface area contributed by atoms with Crippen LogP contribution in [0.15, 0.2) is 0 Å². The first kappa shape index (κ1) is 51.1. The van der Waals surface area contributed by atoms with Gasteiger partial charge in [0.25, 0.3) is 0 Å². The smallest absolute Gasteiger partial charge is 0.810 e. The first-order valence-corrected chi connectivity index (χ1v) is 11.1. The zero-order chi connectivity index (χ0) is 17.6. The Morgan fingerprint density at radius 3 is 1.04 bits per heavy atom.